The molecule has 0 bridgehead atoms. The van der Waals surface area contributed by atoms with Crippen LogP contribution in [0, 0.1) is 5.82 Å². The average molecular weight is 237 g/mol. The lowest BCUT2D eigenvalue weighted by atomic mass is 9.79. The minimum atomic E-state index is -0.833. The van der Waals surface area contributed by atoms with E-state index < -0.39 is 11.4 Å². The number of aromatic nitrogens is 1. The van der Waals surface area contributed by atoms with Crippen molar-refractivity contribution >= 4 is 5.78 Å². The Labute approximate surface area is 100 Å². The Morgan fingerprint density at radius 2 is 2.12 bits per heavy atom. The van der Waals surface area contributed by atoms with Crippen LogP contribution in [0.1, 0.15) is 42.5 Å². The standard InChI is InChI=1S/C13H16FNO2/c1-17-13(6-3-2-4-7-13)12(16)10-5-8-15-9-11(10)14/h5,8-9H,2-4,6-7H2,1H3. The molecule has 0 N–H and O–H groups in total. The lowest BCUT2D eigenvalue weighted by molar-refractivity contribution is -0.0197. The van der Waals surface area contributed by atoms with Crippen LogP contribution in [-0.2, 0) is 4.74 Å². The van der Waals surface area contributed by atoms with Crippen molar-refractivity contribution in [2.75, 3.05) is 7.11 Å². The lowest BCUT2D eigenvalue weighted by Crippen LogP contribution is -2.43. The zero-order valence-electron chi connectivity index (χ0n) is 9.91. The minimum absolute atomic E-state index is 0.0868. The number of pyridine rings is 1. The van der Waals surface area contributed by atoms with Crippen LogP contribution in [0.15, 0.2) is 18.5 Å². The van der Waals surface area contributed by atoms with Crippen LogP contribution in [0.3, 0.4) is 0 Å². The Bertz CT molecular complexity index is 414. The first kappa shape index (κ1) is 12.2. The van der Waals surface area contributed by atoms with E-state index in [-0.39, 0.29) is 11.3 Å². The molecule has 1 aliphatic carbocycles. The highest BCUT2D eigenvalue weighted by Gasteiger charge is 2.40. The molecule has 1 fully saturated rings. The number of hydrogen-bond acceptors (Lipinski definition) is 3. The van der Waals surface area contributed by atoms with E-state index in [0.29, 0.717) is 12.8 Å². The van der Waals surface area contributed by atoms with Gasteiger partial charge in [0.15, 0.2) is 11.6 Å². The summed E-state index contributed by atoms with van der Waals surface area (Å²) in [6, 6.07) is 1.42. The molecule has 0 radical (unpaired) electrons. The smallest absolute Gasteiger partial charge is 0.197 e. The number of rotatable bonds is 3. The van der Waals surface area contributed by atoms with Crippen molar-refractivity contribution in [1.29, 1.82) is 0 Å². The normalized spacial score (nSPS) is 18.9. The highest BCUT2D eigenvalue weighted by Crippen LogP contribution is 2.34. The van der Waals surface area contributed by atoms with Crippen LogP contribution >= 0.6 is 0 Å². The maximum Gasteiger partial charge on any atom is 0.197 e. The van der Waals surface area contributed by atoms with Gasteiger partial charge in [-0.25, -0.2) is 4.39 Å². The predicted molar refractivity (Wildman–Crippen MR) is 61.4 cm³/mol. The minimum Gasteiger partial charge on any atom is -0.370 e. The van der Waals surface area contributed by atoms with Gasteiger partial charge in [-0.1, -0.05) is 19.3 Å². The third-order valence-corrected chi connectivity index (χ3v) is 3.48. The van der Waals surface area contributed by atoms with Gasteiger partial charge >= 0.3 is 0 Å². The van der Waals surface area contributed by atoms with Gasteiger partial charge in [-0.3, -0.25) is 9.78 Å². The number of carbonyl (C=O) groups is 1. The molecule has 2 rings (SSSR count). The van der Waals surface area contributed by atoms with Crippen LogP contribution < -0.4 is 0 Å². The van der Waals surface area contributed by atoms with Gasteiger partial charge in [0.2, 0.25) is 0 Å². The fourth-order valence-electron chi connectivity index (χ4n) is 2.45. The third kappa shape index (κ3) is 2.22. The quantitative estimate of drug-likeness (QED) is 0.759. The summed E-state index contributed by atoms with van der Waals surface area (Å²) in [6.45, 7) is 0. The van der Waals surface area contributed by atoms with Crippen molar-refractivity contribution in [3.8, 4) is 0 Å². The van der Waals surface area contributed by atoms with Gasteiger partial charge in [-0.2, -0.15) is 0 Å². The summed E-state index contributed by atoms with van der Waals surface area (Å²) in [4.78, 5) is 16.0. The molecule has 0 atom stereocenters. The number of halogens is 1. The number of ketones is 1. The van der Waals surface area contributed by atoms with Crippen molar-refractivity contribution in [3.63, 3.8) is 0 Å². The van der Waals surface area contributed by atoms with Gasteiger partial charge in [0.1, 0.15) is 5.60 Å². The van der Waals surface area contributed by atoms with E-state index >= 15 is 0 Å². The van der Waals surface area contributed by atoms with Crippen molar-refractivity contribution in [3.05, 3.63) is 29.8 Å². The molecule has 1 aromatic heterocycles. The summed E-state index contributed by atoms with van der Waals surface area (Å²) in [5.41, 5.74) is -0.746. The second kappa shape index (κ2) is 4.92. The number of carbonyl (C=O) groups excluding carboxylic acids is 1. The molecule has 0 unspecified atom stereocenters. The fraction of sp³-hybridized carbons (Fsp3) is 0.538. The SMILES string of the molecule is COC1(C(=O)c2ccncc2F)CCCCC1. The van der Waals surface area contributed by atoms with Crippen LogP contribution in [0.5, 0.6) is 0 Å². The third-order valence-electron chi connectivity index (χ3n) is 3.48. The first-order valence-electron chi connectivity index (χ1n) is 5.89. The maximum atomic E-state index is 13.6. The first-order chi connectivity index (χ1) is 8.19. The Morgan fingerprint density at radius 1 is 1.41 bits per heavy atom. The second-order valence-electron chi connectivity index (χ2n) is 4.44. The molecule has 92 valence electrons. The molecule has 1 saturated carbocycles. The number of hydrogen-bond donors (Lipinski definition) is 0. The largest absolute Gasteiger partial charge is 0.370 e. The molecule has 0 saturated heterocycles. The lowest BCUT2D eigenvalue weighted by Gasteiger charge is -2.34. The van der Waals surface area contributed by atoms with Crippen LogP contribution in [0.2, 0.25) is 0 Å². The second-order valence-corrected chi connectivity index (χ2v) is 4.44. The summed E-state index contributed by atoms with van der Waals surface area (Å²) >= 11 is 0. The van der Waals surface area contributed by atoms with E-state index in [1.807, 2.05) is 0 Å². The molecule has 1 aromatic rings. The molecular weight excluding hydrogens is 221 g/mol. The van der Waals surface area contributed by atoms with Gasteiger partial charge in [0.25, 0.3) is 0 Å². The Balaban J connectivity index is 2.32. The van der Waals surface area contributed by atoms with Gasteiger partial charge in [-0.05, 0) is 18.9 Å². The average Bonchev–Trinajstić information content (AvgIpc) is 2.39. The predicted octanol–water partition coefficient (Wildman–Crippen LogP) is 2.75. The summed E-state index contributed by atoms with van der Waals surface area (Å²) in [6.07, 6.45) is 6.85. The molecular formula is C13H16FNO2. The van der Waals surface area contributed by atoms with Crippen LogP contribution in [0.25, 0.3) is 0 Å². The molecule has 17 heavy (non-hydrogen) atoms. The van der Waals surface area contributed by atoms with E-state index in [9.17, 15) is 9.18 Å². The van der Waals surface area contributed by atoms with Gasteiger partial charge < -0.3 is 4.74 Å². The molecule has 1 aliphatic rings. The van der Waals surface area contributed by atoms with Crippen LogP contribution in [-0.4, -0.2) is 23.5 Å². The Hall–Kier alpha value is -1.29. The van der Waals surface area contributed by atoms with Gasteiger partial charge in [-0.15, -0.1) is 0 Å². The zero-order valence-corrected chi connectivity index (χ0v) is 9.91. The topological polar surface area (TPSA) is 39.2 Å². The summed E-state index contributed by atoms with van der Waals surface area (Å²) in [7, 11) is 1.53. The van der Waals surface area contributed by atoms with E-state index in [2.05, 4.69) is 4.98 Å². The van der Waals surface area contributed by atoms with E-state index in [4.69, 9.17) is 4.74 Å². The molecule has 0 aliphatic heterocycles. The number of nitrogens with zero attached hydrogens (tertiary/aromatic N) is 1. The number of methoxy groups -OCH3 is 1. The summed E-state index contributed by atoms with van der Waals surface area (Å²) < 4.78 is 19.0. The highest BCUT2D eigenvalue weighted by molar-refractivity contribution is 6.02. The summed E-state index contributed by atoms with van der Waals surface area (Å²) in [5, 5.41) is 0. The molecule has 0 amide bonds. The van der Waals surface area contributed by atoms with Crippen molar-refractivity contribution in [1.82, 2.24) is 4.98 Å². The molecule has 0 aromatic carbocycles. The number of Topliss-reactive ketones (excluding diaryl/α,β-unsaturated/α-hetero) is 1. The van der Waals surface area contributed by atoms with Crippen molar-refractivity contribution < 1.29 is 13.9 Å². The Morgan fingerprint density at radius 3 is 2.71 bits per heavy atom. The van der Waals surface area contributed by atoms with Crippen LogP contribution in [0.4, 0.5) is 4.39 Å². The molecule has 4 heteroatoms. The van der Waals surface area contributed by atoms with E-state index in [1.54, 1.807) is 0 Å². The summed E-state index contributed by atoms with van der Waals surface area (Å²) in [5.74, 6) is -0.820. The number of ether oxygens (including phenoxy) is 1. The monoisotopic (exact) mass is 237 g/mol. The molecule has 3 nitrogen and oxygen atoms in total. The molecule has 1 heterocycles. The molecule has 0 spiro atoms. The van der Waals surface area contributed by atoms with Crippen molar-refractivity contribution in [2.24, 2.45) is 0 Å². The van der Waals surface area contributed by atoms with Gasteiger partial charge in [0.05, 0.1) is 11.8 Å². The van der Waals surface area contributed by atoms with E-state index in [0.717, 1.165) is 25.5 Å². The first-order valence-corrected chi connectivity index (χ1v) is 5.89. The highest BCUT2D eigenvalue weighted by atomic mass is 19.1. The van der Waals surface area contributed by atoms with Crippen molar-refractivity contribution in [2.45, 2.75) is 37.7 Å². The Kier molecular flexibility index (Phi) is 3.52. The fourth-order valence-corrected chi connectivity index (χ4v) is 2.45. The van der Waals surface area contributed by atoms with E-state index in [1.165, 1.54) is 19.4 Å². The maximum absolute atomic E-state index is 13.6. The van der Waals surface area contributed by atoms with Gasteiger partial charge in [0, 0.05) is 13.3 Å². The zero-order chi connectivity index (χ0) is 12.3.